The van der Waals surface area contributed by atoms with Gasteiger partial charge in [0.1, 0.15) is 0 Å². The summed E-state index contributed by atoms with van der Waals surface area (Å²) in [6.07, 6.45) is 8.20. The Balaban J connectivity index is 0.00000240. The number of nitrogens with one attached hydrogen (secondary N) is 1. The summed E-state index contributed by atoms with van der Waals surface area (Å²) in [5.74, 6) is 1.57. The lowest BCUT2D eigenvalue weighted by Crippen LogP contribution is -2.40. The van der Waals surface area contributed by atoms with Gasteiger partial charge in [0.15, 0.2) is 5.96 Å². The molecule has 0 bridgehead atoms. The number of fused-ring (bicyclic) bond motifs is 1. The summed E-state index contributed by atoms with van der Waals surface area (Å²) in [6.45, 7) is 6.80. The van der Waals surface area contributed by atoms with Crippen LogP contribution >= 0.6 is 24.0 Å². The number of halogens is 1. The van der Waals surface area contributed by atoms with Crippen LogP contribution in [0.1, 0.15) is 31.2 Å². The first-order valence-electron chi connectivity index (χ1n) is 10.2. The van der Waals surface area contributed by atoms with Crippen LogP contribution in [0, 0.1) is 0 Å². The number of aliphatic imine (C=N–C) groups is 1. The third-order valence-electron chi connectivity index (χ3n) is 5.36. The largest absolute Gasteiger partial charge is 0.357 e. The Morgan fingerprint density at radius 2 is 2.17 bits per heavy atom. The molecule has 1 N–H and O–H groups in total. The fourth-order valence-corrected chi connectivity index (χ4v) is 3.92. The van der Waals surface area contributed by atoms with Gasteiger partial charge < -0.3 is 14.8 Å². The molecule has 0 amide bonds. The quantitative estimate of drug-likeness (QED) is 0.241. The minimum atomic E-state index is 0. The van der Waals surface area contributed by atoms with E-state index in [0.717, 1.165) is 57.0 Å². The zero-order valence-corrected chi connectivity index (χ0v) is 19.5. The molecule has 3 heterocycles. The zero-order chi connectivity index (χ0) is 19.3. The number of hydrogen-bond acceptors (Lipinski definition) is 3. The summed E-state index contributed by atoms with van der Waals surface area (Å²) in [7, 11) is 1.98. The third-order valence-corrected chi connectivity index (χ3v) is 5.36. The number of aryl methyl sites for hydroxylation is 2. The van der Waals surface area contributed by atoms with Crippen LogP contribution < -0.4 is 5.32 Å². The minimum Gasteiger partial charge on any atom is -0.357 e. The van der Waals surface area contributed by atoms with Gasteiger partial charge in [-0.1, -0.05) is 12.1 Å². The molecule has 2 aromatic heterocycles. The van der Waals surface area contributed by atoms with Gasteiger partial charge in [-0.25, -0.2) is 4.98 Å². The van der Waals surface area contributed by atoms with Crippen molar-refractivity contribution in [2.75, 3.05) is 26.2 Å². The van der Waals surface area contributed by atoms with Gasteiger partial charge in [-0.2, -0.15) is 5.10 Å². The van der Waals surface area contributed by atoms with Crippen LogP contribution in [-0.2, 0) is 13.6 Å². The molecule has 1 aliphatic rings. The fraction of sp³-hybridized carbons (Fsp3) is 0.476. The van der Waals surface area contributed by atoms with E-state index in [-0.39, 0.29) is 24.0 Å². The van der Waals surface area contributed by atoms with E-state index >= 15 is 0 Å². The molecule has 1 aromatic carbocycles. The molecule has 4 rings (SSSR count). The topological polar surface area (TPSA) is 63.3 Å². The highest BCUT2D eigenvalue weighted by Crippen LogP contribution is 2.26. The summed E-state index contributed by atoms with van der Waals surface area (Å²) in [6, 6.07) is 8.27. The van der Waals surface area contributed by atoms with Gasteiger partial charge in [0.2, 0.25) is 0 Å². The van der Waals surface area contributed by atoms with E-state index < -0.39 is 0 Å². The summed E-state index contributed by atoms with van der Waals surface area (Å²) in [5, 5.41) is 7.78. The fourth-order valence-electron chi connectivity index (χ4n) is 3.92. The minimum absolute atomic E-state index is 0. The van der Waals surface area contributed by atoms with Crippen molar-refractivity contribution in [1.82, 2.24) is 29.5 Å². The Morgan fingerprint density at radius 3 is 2.97 bits per heavy atom. The van der Waals surface area contributed by atoms with E-state index in [2.05, 4.69) is 56.2 Å². The number of imidazole rings is 1. The molecule has 29 heavy (non-hydrogen) atoms. The highest BCUT2D eigenvalue weighted by molar-refractivity contribution is 14.0. The normalized spacial score (nSPS) is 17.0. The second-order valence-corrected chi connectivity index (χ2v) is 7.39. The van der Waals surface area contributed by atoms with Gasteiger partial charge in [-0.05, 0) is 37.5 Å². The molecule has 8 heteroatoms. The Hall–Kier alpha value is -2.10. The van der Waals surface area contributed by atoms with Gasteiger partial charge in [0, 0.05) is 51.9 Å². The number of guanidine groups is 1. The maximum Gasteiger partial charge on any atom is 0.193 e. The van der Waals surface area contributed by atoms with E-state index in [1.165, 1.54) is 11.1 Å². The van der Waals surface area contributed by atoms with Crippen LogP contribution in [0.25, 0.3) is 11.0 Å². The molecule has 3 aromatic rings. The van der Waals surface area contributed by atoms with Crippen molar-refractivity contribution < 1.29 is 0 Å². The lowest BCUT2D eigenvalue weighted by molar-refractivity contribution is 0.485. The van der Waals surface area contributed by atoms with Crippen LogP contribution in [0.4, 0.5) is 0 Å². The van der Waals surface area contributed by atoms with Crippen LogP contribution in [0.5, 0.6) is 0 Å². The first-order valence-corrected chi connectivity index (χ1v) is 10.2. The molecule has 7 nitrogen and oxygen atoms in total. The Bertz CT molecular complexity index is 945. The summed E-state index contributed by atoms with van der Waals surface area (Å²) in [4.78, 5) is 11.7. The van der Waals surface area contributed by atoms with Crippen molar-refractivity contribution in [3.8, 4) is 0 Å². The van der Waals surface area contributed by atoms with Crippen molar-refractivity contribution in [3.63, 3.8) is 0 Å². The number of nitrogens with zero attached hydrogens (tertiary/aromatic N) is 6. The van der Waals surface area contributed by atoms with Gasteiger partial charge >= 0.3 is 0 Å². The Labute approximate surface area is 189 Å². The lowest BCUT2D eigenvalue weighted by atomic mass is 10.0. The van der Waals surface area contributed by atoms with Crippen molar-refractivity contribution in [3.05, 3.63) is 48.5 Å². The SMILES string of the molecule is CCNC(=NCCCn1cnc2ccccc21)N1CCC(c2cnn(C)c2)C1.I. The molecule has 0 aliphatic carbocycles. The smallest absolute Gasteiger partial charge is 0.193 e. The lowest BCUT2D eigenvalue weighted by Gasteiger charge is -2.21. The molecule has 1 saturated heterocycles. The van der Waals surface area contributed by atoms with Crippen LogP contribution in [0.3, 0.4) is 0 Å². The predicted octanol–water partition coefficient (Wildman–Crippen LogP) is 3.23. The predicted molar refractivity (Wildman–Crippen MR) is 128 cm³/mol. The zero-order valence-electron chi connectivity index (χ0n) is 17.2. The van der Waals surface area contributed by atoms with Crippen LogP contribution in [-0.4, -0.2) is 56.4 Å². The van der Waals surface area contributed by atoms with Crippen LogP contribution in [0.15, 0.2) is 48.0 Å². The van der Waals surface area contributed by atoms with Crippen molar-refractivity contribution in [1.29, 1.82) is 0 Å². The highest BCUT2D eigenvalue weighted by Gasteiger charge is 2.26. The van der Waals surface area contributed by atoms with Crippen molar-refractivity contribution in [2.45, 2.75) is 32.2 Å². The Morgan fingerprint density at radius 1 is 1.31 bits per heavy atom. The van der Waals surface area contributed by atoms with Crippen molar-refractivity contribution >= 4 is 41.0 Å². The number of benzene rings is 1. The van der Waals surface area contributed by atoms with Gasteiger partial charge in [0.05, 0.1) is 23.6 Å². The van der Waals surface area contributed by atoms with Crippen LogP contribution in [0.2, 0.25) is 0 Å². The molecule has 0 radical (unpaired) electrons. The molecule has 0 saturated carbocycles. The number of rotatable bonds is 6. The molecular formula is C21H30IN7. The number of hydrogen-bond donors (Lipinski definition) is 1. The second-order valence-electron chi connectivity index (χ2n) is 7.39. The molecule has 1 atom stereocenters. The van der Waals surface area contributed by atoms with E-state index in [1.807, 2.05) is 30.3 Å². The first-order chi connectivity index (χ1) is 13.7. The average molecular weight is 507 g/mol. The number of aromatic nitrogens is 4. The molecule has 1 unspecified atom stereocenters. The van der Waals surface area contributed by atoms with Gasteiger partial charge in [0.25, 0.3) is 0 Å². The highest BCUT2D eigenvalue weighted by atomic mass is 127. The molecule has 0 spiro atoms. The first kappa shape index (κ1) is 21.6. The average Bonchev–Trinajstić information content (AvgIpc) is 3.44. The van der Waals surface area contributed by atoms with E-state index in [4.69, 9.17) is 4.99 Å². The standard InChI is InChI=1S/C21H29N7.HI/c1-3-22-21(27-12-9-17(15-27)18-13-25-26(2)14-18)23-10-6-11-28-16-24-19-7-4-5-8-20(19)28;/h4-5,7-8,13-14,16-17H,3,6,9-12,15H2,1-2H3,(H,22,23);1H. The molecule has 156 valence electrons. The summed E-state index contributed by atoms with van der Waals surface area (Å²) < 4.78 is 4.10. The Kier molecular flexibility index (Phi) is 7.51. The molecule has 1 aliphatic heterocycles. The van der Waals surface area contributed by atoms with E-state index in [0.29, 0.717) is 5.92 Å². The maximum absolute atomic E-state index is 4.89. The summed E-state index contributed by atoms with van der Waals surface area (Å²) >= 11 is 0. The van der Waals surface area contributed by atoms with E-state index in [1.54, 1.807) is 0 Å². The van der Waals surface area contributed by atoms with Crippen molar-refractivity contribution in [2.24, 2.45) is 12.0 Å². The van der Waals surface area contributed by atoms with E-state index in [9.17, 15) is 0 Å². The third kappa shape index (κ3) is 5.09. The maximum atomic E-state index is 4.89. The number of likely N-dealkylation sites (tertiary alicyclic amines) is 1. The second kappa shape index (κ2) is 10.1. The monoisotopic (exact) mass is 507 g/mol. The van der Waals surface area contributed by atoms with Gasteiger partial charge in [-0.15, -0.1) is 24.0 Å². The molecular weight excluding hydrogens is 477 g/mol. The molecule has 1 fully saturated rings. The van der Waals surface area contributed by atoms with Gasteiger partial charge in [-0.3, -0.25) is 9.67 Å². The summed E-state index contributed by atoms with van der Waals surface area (Å²) in [5.41, 5.74) is 3.57. The number of para-hydroxylation sites is 2.